The quantitative estimate of drug-likeness (QED) is 0.299. The van der Waals surface area contributed by atoms with Gasteiger partial charge in [-0.05, 0) is 60.7 Å². The van der Waals surface area contributed by atoms with E-state index < -0.39 is 11.9 Å². The summed E-state index contributed by atoms with van der Waals surface area (Å²) in [5, 5.41) is 26.2. The first-order valence-corrected chi connectivity index (χ1v) is 11.3. The second-order valence-electron chi connectivity index (χ2n) is 8.08. The lowest BCUT2D eigenvalue weighted by Crippen LogP contribution is -2.15. The first kappa shape index (κ1) is 23.4. The Morgan fingerprint density at radius 2 is 1.73 bits per heavy atom. The number of nitriles is 1. The van der Waals surface area contributed by atoms with Crippen LogP contribution < -0.4 is 14.8 Å². The van der Waals surface area contributed by atoms with Gasteiger partial charge in [-0.2, -0.15) is 10.4 Å². The predicted octanol–water partition coefficient (Wildman–Crippen LogP) is 4.55. The summed E-state index contributed by atoms with van der Waals surface area (Å²) in [7, 11) is 0. The molecule has 0 spiro atoms. The number of carbonyl (C=O) groups excluding carboxylic acids is 1. The summed E-state index contributed by atoms with van der Waals surface area (Å²) in [6.07, 6.45) is 3.22. The first-order chi connectivity index (χ1) is 18.0. The number of hydrogen-bond acceptors (Lipinski definition) is 6. The molecule has 9 nitrogen and oxygen atoms in total. The number of anilines is 1. The van der Waals surface area contributed by atoms with Crippen molar-refractivity contribution in [2.75, 3.05) is 18.5 Å². The highest BCUT2D eigenvalue weighted by atomic mass is 16.6. The van der Waals surface area contributed by atoms with Crippen LogP contribution in [0.1, 0.15) is 15.9 Å². The van der Waals surface area contributed by atoms with Gasteiger partial charge in [0.2, 0.25) is 0 Å². The number of para-hydroxylation sites is 1. The maximum absolute atomic E-state index is 12.9. The SMILES string of the molecule is N#C/C(=C\c1cn(-c2ccccc2)nc1-c1ccc2c(c1)OCCO2)C(=O)Nc1ccc(C(=O)O)cc1. The lowest BCUT2D eigenvalue weighted by Gasteiger charge is -2.18. The van der Waals surface area contributed by atoms with Crippen LogP contribution in [0.25, 0.3) is 23.0 Å². The molecule has 0 atom stereocenters. The van der Waals surface area contributed by atoms with Crippen LogP contribution in [0, 0.1) is 11.3 Å². The summed E-state index contributed by atoms with van der Waals surface area (Å²) in [6.45, 7) is 0.913. The normalized spacial score (nSPS) is 12.5. The van der Waals surface area contributed by atoms with Gasteiger partial charge in [0.05, 0.1) is 11.3 Å². The molecular weight excluding hydrogens is 472 g/mol. The number of rotatable bonds is 6. The fourth-order valence-electron chi connectivity index (χ4n) is 3.82. The number of ether oxygens (including phenoxy) is 2. The Balaban J connectivity index is 1.52. The molecule has 2 heterocycles. The Bertz CT molecular complexity index is 1550. The number of aromatic nitrogens is 2. The van der Waals surface area contributed by atoms with Gasteiger partial charge in [-0.25, -0.2) is 9.48 Å². The van der Waals surface area contributed by atoms with Gasteiger partial charge in [0.1, 0.15) is 30.6 Å². The van der Waals surface area contributed by atoms with Crippen LogP contribution in [0.4, 0.5) is 5.69 Å². The van der Waals surface area contributed by atoms with Gasteiger partial charge in [-0.1, -0.05) is 18.2 Å². The van der Waals surface area contributed by atoms with E-state index >= 15 is 0 Å². The Hall–Kier alpha value is -5.36. The van der Waals surface area contributed by atoms with Crippen LogP contribution >= 0.6 is 0 Å². The number of amides is 1. The van der Waals surface area contributed by atoms with Gasteiger partial charge in [0.15, 0.2) is 11.5 Å². The molecule has 0 unspecified atom stereocenters. The van der Waals surface area contributed by atoms with Gasteiger partial charge in [0.25, 0.3) is 5.91 Å². The van der Waals surface area contributed by atoms with Crippen LogP contribution in [0.15, 0.2) is 84.6 Å². The van der Waals surface area contributed by atoms with Gasteiger partial charge in [0, 0.05) is 23.0 Å². The third-order valence-electron chi connectivity index (χ3n) is 5.63. The van der Waals surface area contributed by atoms with Gasteiger partial charge in [-0.15, -0.1) is 0 Å². The van der Waals surface area contributed by atoms with E-state index in [2.05, 4.69) is 5.32 Å². The van der Waals surface area contributed by atoms with E-state index in [0.717, 1.165) is 11.3 Å². The Labute approximate surface area is 211 Å². The maximum Gasteiger partial charge on any atom is 0.335 e. The van der Waals surface area contributed by atoms with Crippen LogP contribution in [-0.2, 0) is 4.79 Å². The van der Waals surface area contributed by atoms with Gasteiger partial charge < -0.3 is 19.9 Å². The number of carboxylic acid groups (broad SMARTS) is 1. The van der Waals surface area contributed by atoms with Crippen molar-refractivity contribution in [3.63, 3.8) is 0 Å². The third-order valence-corrected chi connectivity index (χ3v) is 5.63. The zero-order chi connectivity index (χ0) is 25.8. The summed E-state index contributed by atoms with van der Waals surface area (Å²) in [5.41, 5.74) is 2.94. The molecule has 1 aromatic heterocycles. The number of aromatic carboxylic acids is 1. The van der Waals surface area contributed by atoms with Gasteiger partial charge in [-0.3, -0.25) is 4.79 Å². The molecule has 182 valence electrons. The number of nitrogens with zero attached hydrogens (tertiary/aromatic N) is 3. The number of carbonyl (C=O) groups is 2. The van der Waals surface area contributed by atoms with Crippen molar-refractivity contribution in [3.05, 3.63) is 95.7 Å². The second-order valence-corrected chi connectivity index (χ2v) is 8.08. The van der Waals surface area contributed by atoms with E-state index in [1.165, 1.54) is 30.3 Å². The largest absolute Gasteiger partial charge is 0.486 e. The molecule has 1 amide bonds. The summed E-state index contributed by atoms with van der Waals surface area (Å²) >= 11 is 0. The predicted molar refractivity (Wildman–Crippen MR) is 136 cm³/mol. The summed E-state index contributed by atoms with van der Waals surface area (Å²) in [4.78, 5) is 24.0. The molecule has 3 aromatic carbocycles. The smallest absolute Gasteiger partial charge is 0.335 e. The van der Waals surface area contributed by atoms with Crippen molar-refractivity contribution >= 4 is 23.6 Å². The van der Waals surface area contributed by atoms with Crippen molar-refractivity contribution in [2.45, 2.75) is 0 Å². The van der Waals surface area contributed by atoms with E-state index in [9.17, 15) is 14.9 Å². The van der Waals surface area contributed by atoms with Crippen molar-refractivity contribution in [3.8, 4) is 34.5 Å². The van der Waals surface area contributed by atoms with Crippen LogP contribution in [0.5, 0.6) is 11.5 Å². The number of benzene rings is 3. The zero-order valence-corrected chi connectivity index (χ0v) is 19.4. The number of nitrogens with one attached hydrogen (secondary N) is 1. The zero-order valence-electron chi connectivity index (χ0n) is 19.4. The molecule has 1 aliphatic heterocycles. The first-order valence-electron chi connectivity index (χ1n) is 11.3. The monoisotopic (exact) mass is 492 g/mol. The van der Waals surface area contributed by atoms with Crippen LogP contribution in [0.2, 0.25) is 0 Å². The lowest BCUT2D eigenvalue weighted by atomic mass is 10.0. The van der Waals surface area contributed by atoms with E-state index in [1.807, 2.05) is 48.5 Å². The summed E-state index contributed by atoms with van der Waals surface area (Å²) < 4.78 is 13.0. The highest BCUT2D eigenvalue weighted by Crippen LogP contribution is 2.36. The number of carboxylic acids is 1. The van der Waals surface area contributed by atoms with Crippen LogP contribution in [-0.4, -0.2) is 40.0 Å². The van der Waals surface area contributed by atoms with Crippen LogP contribution in [0.3, 0.4) is 0 Å². The molecule has 5 rings (SSSR count). The summed E-state index contributed by atoms with van der Waals surface area (Å²) in [5.74, 6) is -0.472. The van der Waals surface area contributed by atoms with Crippen molar-refractivity contribution in [1.29, 1.82) is 5.26 Å². The number of fused-ring (bicyclic) bond motifs is 1. The molecule has 2 N–H and O–H groups in total. The molecule has 4 aromatic rings. The third kappa shape index (κ3) is 5.04. The molecule has 0 saturated heterocycles. The summed E-state index contributed by atoms with van der Waals surface area (Å²) in [6, 6.07) is 22.6. The van der Waals surface area contributed by atoms with E-state index in [0.29, 0.717) is 41.7 Å². The molecular formula is C28H20N4O5. The topological polar surface area (TPSA) is 126 Å². The second kappa shape index (κ2) is 10.1. The minimum Gasteiger partial charge on any atom is -0.486 e. The van der Waals surface area contributed by atoms with E-state index in [-0.39, 0.29) is 11.1 Å². The molecule has 0 fully saturated rings. The number of hydrogen-bond donors (Lipinski definition) is 2. The standard InChI is InChI=1S/C28H20N4O5/c29-16-20(27(33)30-22-9-6-18(7-10-22)28(34)35)14-21-17-32(23-4-2-1-3-5-23)31-26(21)19-8-11-24-25(15-19)37-13-12-36-24/h1-11,14-15,17H,12-13H2,(H,30,33)(H,34,35)/b20-14+. The minimum atomic E-state index is -1.07. The molecule has 0 saturated carbocycles. The lowest BCUT2D eigenvalue weighted by molar-refractivity contribution is -0.112. The molecule has 1 aliphatic rings. The van der Waals surface area contributed by atoms with Crippen molar-refractivity contribution < 1.29 is 24.2 Å². The highest BCUT2D eigenvalue weighted by molar-refractivity contribution is 6.10. The molecule has 0 radical (unpaired) electrons. The molecule has 37 heavy (non-hydrogen) atoms. The molecule has 0 aliphatic carbocycles. The highest BCUT2D eigenvalue weighted by Gasteiger charge is 2.18. The fraction of sp³-hybridized carbons (Fsp3) is 0.0714. The van der Waals surface area contributed by atoms with E-state index in [1.54, 1.807) is 16.9 Å². The van der Waals surface area contributed by atoms with Gasteiger partial charge >= 0.3 is 5.97 Å². The van der Waals surface area contributed by atoms with E-state index in [4.69, 9.17) is 19.7 Å². The Morgan fingerprint density at radius 1 is 1.00 bits per heavy atom. The maximum atomic E-state index is 12.9. The van der Waals surface area contributed by atoms with Crippen molar-refractivity contribution in [2.24, 2.45) is 0 Å². The van der Waals surface area contributed by atoms with Crippen molar-refractivity contribution in [1.82, 2.24) is 9.78 Å². The molecule has 0 bridgehead atoms. The average molecular weight is 492 g/mol. The fourth-order valence-corrected chi connectivity index (χ4v) is 3.82. The molecule has 9 heteroatoms. The minimum absolute atomic E-state index is 0.0893. The Morgan fingerprint density at radius 3 is 2.43 bits per heavy atom. The average Bonchev–Trinajstić information content (AvgIpc) is 3.36. The Kier molecular flexibility index (Phi) is 6.38.